The molecule has 0 unspecified atom stereocenters. The minimum absolute atomic E-state index is 0.607. The second kappa shape index (κ2) is 10.3. The lowest BCUT2D eigenvalue weighted by molar-refractivity contribution is 0.340. The van der Waals surface area contributed by atoms with Crippen molar-refractivity contribution in [2.24, 2.45) is 4.99 Å². The van der Waals surface area contributed by atoms with Crippen LogP contribution in [0.3, 0.4) is 0 Å². The summed E-state index contributed by atoms with van der Waals surface area (Å²) >= 11 is 0. The van der Waals surface area contributed by atoms with E-state index in [1.54, 1.807) is 14.2 Å². The molecule has 3 aromatic carbocycles. The van der Waals surface area contributed by atoms with Crippen LogP contribution < -0.4 is 19.6 Å². The minimum Gasteiger partial charge on any atom is -0.494 e. The van der Waals surface area contributed by atoms with E-state index in [2.05, 4.69) is 31.2 Å². The summed E-state index contributed by atoms with van der Waals surface area (Å²) < 4.78 is 22.7. The van der Waals surface area contributed by atoms with Crippen molar-refractivity contribution in [3.63, 3.8) is 0 Å². The molecular weight excluding hydrogens is 414 g/mol. The van der Waals surface area contributed by atoms with Gasteiger partial charge in [-0.15, -0.1) is 0 Å². The summed E-state index contributed by atoms with van der Waals surface area (Å²) in [6.07, 6.45) is 0.777. The van der Waals surface area contributed by atoms with Gasteiger partial charge in [0.15, 0.2) is 11.5 Å². The number of methoxy groups -OCH3 is 2. The van der Waals surface area contributed by atoms with Gasteiger partial charge >= 0.3 is 0 Å². The smallest absolute Gasteiger partial charge is 0.160 e. The average Bonchev–Trinajstić information content (AvgIpc) is 2.84. The first-order valence-corrected chi connectivity index (χ1v) is 11.1. The summed E-state index contributed by atoms with van der Waals surface area (Å²) in [4.78, 5) is 4.95. The van der Waals surface area contributed by atoms with E-state index in [1.807, 2.05) is 49.4 Å². The summed E-state index contributed by atoms with van der Waals surface area (Å²) in [5.41, 5.74) is 4.14. The molecule has 0 atom stereocenters. The number of ether oxygens (including phenoxy) is 3. The maximum atomic E-state index is 6.24. The zero-order valence-electron chi connectivity index (χ0n) is 19.6. The predicted octanol–water partition coefficient (Wildman–Crippen LogP) is 5.97. The second-order valence-corrected chi connectivity index (χ2v) is 7.77. The largest absolute Gasteiger partial charge is 0.494 e. The molecule has 0 saturated carbocycles. The van der Waals surface area contributed by atoms with Crippen LogP contribution in [-0.2, 0) is 6.42 Å². The van der Waals surface area contributed by atoms with E-state index in [1.165, 1.54) is 5.56 Å². The minimum atomic E-state index is 0.607. The van der Waals surface area contributed by atoms with Gasteiger partial charge in [0.25, 0.3) is 0 Å². The maximum Gasteiger partial charge on any atom is 0.160 e. The fraction of sp³-hybridized carbons (Fsp3) is 0.250. The Labute approximate surface area is 194 Å². The Morgan fingerprint density at radius 2 is 1.64 bits per heavy atom. The van der Waals surface area contributed by atoms with Gasteiger partial charge in [-0.05, 0) is 56.2 Å². The molecule has 1 aromatic heterocycles. The van der Waals surface area contributed by atoms with Crippen molar-refractivity contribution in [3.05, 3.63) is 83.2 Å². The first-order chi connectivity index (χ1) is 16.1. The third kappa shape index (κ3) is 5.20. The Balaban J connectivity index is 1.72. The lowest BCUT2D eigenvalue weighted by Crippen LogP contribution is -2.07. The SMILES string of the molecule is CCOc1ccc2oc(-c3ccc(C)cc3)cc(=NCCc3ccc(OC)c(OC)c3)c2c1. The molecule has 0 saturated heterocycles. The number of fused-ring (bicyclic) bond motifs is 1. The maximum absolute atomic E-state index is 6.24. The first kappa shape index (κ1) is 22.5. The summed E-state index contributed by atoms with van der Waals surface area (Å²) in [6, 6.07) is 22.2. The average molecular weight is 444 g/mol. The summed E-state index contributed by atoms with van der Waals surface area (Å²) in [6.45, 7) is 5.28. The van der Waals surface area contributed by atoms with Crippen molar-refractivity contribution in [2.45, 2.75) is 20.3 Å². The van der Waals surface area contributed by atoms with E-state index in [0.717, 1.165) is 56.9 Å². The molecule has 170 valence electrons. The normalized spacial score (nSPS) is 11.6. The molecule has 4 rings (SSSR count). The molecule has 0 aliphatic heterocycles. The highest BCUT2D eigenvalue weighted by atomic mass is 16.5. The third-order valence-electron chi connectivity index (χ3n) is 5.49. The Morgan fingerprint density at radius 1 is 0.848 bits per heavy atom. The number of nitrogens with zero attached hydrogens (tertiary/aromatic N) is 1. The van der Waals surface area contributed by atoms with Crippen LogP contribution in [0.1, 0.15) is 18.1 Å². The molecule has 4 aromatic rings. The van der Waals surface area contributed by atoms with Gasteiger partial charge in [0, 0.05) is 23.6 Å². The predicted molar refractivity (Wildman–Crippen MR) is 131 cm³/mol. The van der Waals surface area contributed by atoms with Crippen molar-refractivity contribution in [2.75, 3.05) is 27.4 Å². The van der Waals surface area contributed by atoms with Gasteiger partial charge in [0.2, 0.25) is 0 Å². The van der Waals surface area contributed by atoms with E-state index in [-0.39, 0.29) is 0 Å². The van der Waals surface area contributed by atoms with Gasteiger partial charge in [-0.25, -0.2) is 0 Å². The standard InChI is InChI=1S/C28H29NO4/c1-5-32-22-11-13-25-23(17-22)24(18-27(33-25)21-9-6-19(2)7-10-21)29-15-14-20-8-12-26(30-3)28(16-20)31-4/h6-13,16-18H,5,14-15H2,1-4H3. The molecule has 0 amide bonds. The van der Waals surface area contributed by atoms with Crippen LogP contribution in [0.2, 0.25) is 0 Å². The molecule has 0 fully saturated rings. The van der Waals surface area contributed by atoms with Crippen LogP contribution in [0.5, 0.6) is 17.2 Å². The fourth-order valence-electron chi connectivity index (χ4n) is 3.74. The Hall–Kier alpha value is -3.73. The number of hydrogen-bond donors (Lipinski definition) is 0. The molecule has 0 bridgehead atoms. The Kier molecular flexibility index (Phi) is 6.98. The van der Waals surface area contributed by atoms with Gasteiger partial charge in [-0.2, -0.15) is 0 Å². The van der Waals surface area contributed by atoms with Gasteiger partial charge in [0.05, 0.1) is 26.2 Å². The molecule has 0 N–H and O–H groups in total. The van der Waals surface area contributed by atoms with E-state index in [4.69, 9.17) is 23.6 Å². The van der Waals surface area contributed by atoms with E-state index in [0.29, 0.717) is 13.2 Å². The highest BCUT2D eigenvalue weighted by Gasteiger charge is 2.08. The molecule has 0 aliphatic carbocycles. The van der Waals surface area contributed by atoms with Gasteiger partial charge in [0.1, 0.15) is 17.1 Å². The van der Waals surface area contributed by atoms with Crippen LogP contribution in [-0.4, -0.2) is 27.4 Å². The van der Waals surface area contributed by atoms with Crippen molar-refractivity contribution < 1.29 is 18.6 Å². The number of rotatable bonds is 8. The summed E-state index contributed by atoms with van der Waals surface area (Å²) in [5, 5.41) is 1.82. The van der Waals surface area contributed by atoms with Crippen molar-refractivity contribution in [1.82, 2.24) is 0 Å². The van der Waals surface area contributed by atoms with Crippen molar-refractivity contribution >= 4 is 11.0 Å². The second-order valence-electron chi connectivity index (χ2n) is 7.77. The molecular formula is C28H29NO4. The lowest BCUT2D eigenvalue weighted by atomic mass is 10.1. The van der Waals surface area contributed by atoms with Crippen LogP contribution >= 0.6 is 0 Å². The van der Waals surface area contributed by atoms with Gasteiger partial charge in [-0.3, -0.25) is 4.99 Å². The highest BCUT2D eigenvalue weighted by Crippen LogP contribution is 2.28. The molecule has 5 heteroatoms. The molecule has 5 nitrogen and oxygen atoms in total. The lowest BCUT2D eigenvalue weighted by Gasteiger charge is -2.09. The van der Waals surface area contributed by atoms with E-state index < -0.39 is 0 Å². The zero-order chi connectivity index (χ0) is 23.2. The van der Waals surface area contributed by atoms with Crippen LogP contribution in [0.15, 0.2) is 76.1 Å². The monoisotopic (exact) mass is 443 g/mol. The fourth-order valence-corrected chi connectivity index (χ4v) is 3.74. The van der Waals surface area contributed by atoms with Gasteiger partial charge < -0.3 is 18.6 Å². The number of hydrogen-bond acceptors (Lipinski definition) is 5. The Bertz CT molecular complexity index is 1310. The first-order valence-electron chi connectivity index (χ1n) is 11.1. The summed E-state index contributed by atoms with van der Waals surface area (Å²) in [7, 11) is 3.29. The van der Waals surface area contributed by atoms with Gasteiger partial charge in [-0.1, -0.05) is 35.9 Å². The number of benzene rings is 3. The molecule has 0 spiro atoms. The molecule has 1 heterocycles. The van der Waals surface area contributed by atoms with Crippen LogP contribution in [0, 0.1) is 6.92 Å². The number of aryl methyl sites for hydroxylation is 1. The quantitative estimate of drug-likeness (QED) is 0.337. The van der Waals surface area contributed by atoms with Crippen LogP contribution in [0.4, 0.5) is 0 Å². The third-order valence-corrected chi connectivity index (χ3v) is 5.49. The zero-order valence-corrected chi connectivity index (χ0v) is 19.6. The van der Waals surface area contributed by atoms with E-state index >= 15 is 0 Å². The van der Waals surface area contributed by atoms with Crippen molar-refractivity contribution in [3.8, 4) is 28.6 Å². The highest BCUT2D eigenvalue weighted by molar-refractivity contribution is 5.80. The molecule has 0 aliphatic rings. The molecule has 33 heavy (non-hydrogen) atoms. The Morgan fingerprint density at radius 3 is 2.36 bits per heavy atom. The summed E-state index contributed by atoms with van der Waals surface area (Å²) in [5.74, 6) is 3.04. The van der Waals surface area contributed by atoms with Crippen molar-refractivity contribution in [1.29, 1.82) is 0 Å². The topological polar surface area (TPSA) is 53.2 Å². The van der Waals surface area contributed by atoms with E-state index in [9.17, 15) is 0 Å². The molecule has 0 radical (unpaired) electrons. The van der Waals surface area contributed by atoms with Crippen LogP contribution in [0.25, 0.3) is 22.3 Å².